The lowest BCUT2D eigenvalue weighted by Crippen LogP contribution is -2.46. The van der Waals surface area contributed by atoms with E-state index in [1.807, 2.05) is 0 Å². The van der Waals surface area contributed by atoms with Crippen LogP contribution in [0, 0.1) is 5.92 Å². The summed E-state index contributed by atoms with van der Waals surface area (Å²) in [5, 5.41) is 3.07. The number of thioether (sulfide) groups is 1. The molecule has 2 fully saturated rings. The van der Waals surface area contributed by atoms with Crippen molar-refractivity contribution in [1.29, 1.82) is 0 Å². The van der Waals surface area contributed by atoms with Crippen molar-refractivity contribution in [2.75, 3.05) is 30.3 Å². The molecule has 3 aliphatic rings. The van der Waals surface area contributed by atoms with Gasteiger partial charge in [0.25, 0.3) is 0 Å². The molecule has 0 unspecified atom stereocenters. The second-order valence-corrected chi connectivity index (χ2v) is 11.8. The summed E-state index contributed by atoms with van der Waals surface area (Å²) in [6, 6.07) is 5.10. The van der Waals surface area contributed by atoms with Crippen LogP contribution in [-0.2, 0) is 19.6 Å². The predicted molar refractivity (Wildman–Crippen MR) is 122 cm³/mol. The molecule has 7 nitrogen and oxygen atoms in total. The molecule has 0 radical (unpaired) electrons. The van der Waals surface area contributed by atoms with Gasteiger partial charge in [0.15, 0.2) is 0 Å². The molecule has 2 amide bonds. The Morgan fingerprint density at radius 2 is 1.84 bits per heavy atom. The second kappa shape index (κ2) is 9.50. The van der Waals surface area contributed by atoms with E-state index in [9.17, 15) is 18.0 Å². The van der Waals surface area contributed by atoms with E-state index in [0.29, 0.717) is 24.7 Å². The largest absolute Gasteiger partial charge is 0.352 e. The van der Waals surface area contributed by atoms with Crippen LogP contribution in [0.5, 0.6) is 0 Å². The van der Waals surface area contributed by atoms with Crippen molar-refractivity contribution in [3.05, 3.63) is 18.2 Å². The van der Waals surface area contributed by atoms with Crippen molar-refractivity contribution in [3.63, 3.8) is 0 Å². The molecule has 1 aliphatic carbocycles. The fourth-order valence-corrected chi connectivity index (χ4v) is 7.05. The highest BCUT2D eigenvalue weighted by Gasteiger charge is 2.31. The van der Waals surface area contributed by atoms with E-state index < -0.39 is 10.0 Å². The Hall–Kier alpha value is -1.58. The van der Waals surface area contributed by atoms with Gasteiger partial charge in [-0.1, -0.05) is 13.3 Å². The van der Waals surface area contributed by atoms with E-state index in [2.05, 4.69) is 12.2 Å². The Labute approximate surface area is 189 Å². The van der Waals surface area contributed by atoms with Gasteiger partial charge in [-0.05, 0) is 62.6 Å². The lowest BCUT2D eigenvalue weighted by molar-refractivity contribution is -0.123. The average molecular weight is 466 g/mol. The zero-order chi connectivity index (χ0) is 22.0. The number of sulfonamides is 1. The second-order valence-electron chi connectivity index (χ2n) is 8.89. The lowest BCUT2D eigenvalue weighted by Gasteiger charge is -2.31. The fraction of sp³-hybridized carbons (Fsp3) is 0.636. The maximum Gasteiger partial charge on any atom is 0.243 e. The molecule has 2 heterocycles. The van der Waals surface area contributed by atoms with Crippen LogP contribution in [0.1, 0.15) is 51.9 Å². The number of benzene rings is 1. The molecular weight excluding hydrogens is 434 g/mol. The number of fused-ring (bicyclic) bond motifs is 1. The standard InChI is InChI=1S/C22H31N3O4S2/c1-16-5-7-17(8-6-16)23-21(26)14-25-19-13-18(9-10-20(19)30-15-22(25)27)31(28,29)24-11-3-2-4-12-24/h9-10,13,16-17H,2-8,11-12,14-15H2,1H3,(H,23,26). The highest BCUT2D eigenvalue weighted by atomic mass is 32.2. The summed E-state index contributed by atoms with van der Waals surface area (Å²) in [5.74, 6) is 0.591. The fourth-order valence-electron chi connectivity index (χ4n) is 4.59. The number of nitrogens with zero attached hydrogens (tertiary/aromatic N) is 2. The minimum absolute atomic E-state index is 0.0777. The first kappa shape index (κ1) is 22.6. The number of piperidine rings is 1. The third kappa shape index (κ3) is 5.09. The van der Waals surface area contributed by atoms with Gasteiger partial charge in [-0.15, -0.1) is 11.8 Å². The van der Waals surface area contributed by atoms with Gasteiger partial charge in [-0.2, -0.15) is 4.31 Å². The van der Waals surface area contributed by atoms with Gasteiger partial charge >= 0.3 is 0 Å². The van der Waals surface area contributed by atoms with Crippen LogP contribution >= 0.6 is 11.8 Å². The van der Waals surface area contributed by atoms with Crippen LogP contribution in [0.2, 0.25) is 0 Å². The summed E-state index contributed by atoms with van der Waals surface area (Å²) in [6.45, 7) is 3.21. The number of nitrogens with one attached hydrogen (secondary N) is 1. The Kier molecular flexibility index (Phi) is 6.93. The number of carbonyl (C=O) groups is 2. The van der Waals surface area contributed by atoms with Crippen LogP contribution in [0.4, 0.5) is 5.69 Å². The van der Waals surface area contributed by atoms with E-state index in [0.717, 1.165) is 49.8 Å². The van der Waals surface area contributed by atoms with Crippen molar-refractivity contribution < 1.29 is 18.0 Å². The van der Waals surface area contributed by atoms with Crippen molar-refractivity contribution in [3.8, 4) is 0 Å². The third-order valence-electron chi connectivity index (χ3n) is 6.51. The summed E-state index contributed by atoms with van der Waals surface area (Å²) in [4.78, 5) is 27.8. The quantitative estimate of drug-likeness (QED) is 0.722. The van der Waals surface area contributed by atoms with Gasteiger partial charge < -0.3 is 10.2 Å². The van der Waals surface area contributed by atoms with Gasteiger partial charge in [0.05, 0.1) is 16.3 Å². The van der Waals surface area contributed by atoms with Crippen molar-refractivity contribution in [2.24, 2.45) is 5.92 Å². The van der Waals surface area contributed by atoms with E-state index >= 15 is 0 Å². The highest BCUT2D eigenvalue weighted by molar-refractivity contribution is 8.00. The Bertz CT molecular complexity index is 936. The lowest BCUT2D eigenvalue weighted by atomic mass is 9.87. The van der Waals surface area contributed by atoms with Gasteiger partial charge in [0.1, 0.15) is 6.54 Å². The van der Waals surface area contributed by atoms with Crippen LogP contribution in [0.25, 0.3) is 0 Å². The Morgan fingerprint density at radius 3 is 2.55 bits per heavy atom. The van der Waals surface area contributed by atoms with Crippen molar-refractivity contribution in [2.45, 2.75) is 67.7 Å². The zero-order valence-corrected chi connectivity index (χ0v) is 19.6. The summed E-state index contributed by atoms with van der Waals surface area (Å²) >= 11 is 1.39. The topological polar surface area (TPSA) is 86.8 Å². The molecule has 0 atom stereocenters. The number of hydrogen-bond donors (Lipinski definition) is 1. The maximum atomic E-state index is 13.1. The number of amides is 2. The number of rotatable bonds is 5. The van der Waals surface area contributed by atoms with Crippen LogP contribution < -0.4 is 10.2 Å². The average Bonchev–Trinajstić information content (AvgIpc) is 2.77. The van der Waals surface area contributed by atoms with Crippen molar-refractivity contribution in [1.82, 2.24) is 9.62 Å². The molecule has 2 aliphatic heterocycles. The van der Waals surface area contributed by atoms with E-state index in [1.54, 1.807) is 18.2 Å². The summed E-state index contributed by atoms with van der Waals surface area (Å²) in [5.41, 5.74) is 0.520. The SMILES string of the molecule is CC1CCC(NC(=O)CN2C(=O)CSc3ccc(S(=O)(=O)N4CCCCC4)cc32)CC1. The predicted octanol–water partition coefficient (Wildman–Crippen LogP) is 2.99. The molecule has 1 aromatic rings. The smallest absolute Gasteiger partial charge is 0.243 e. The third-order valence-corrected chi connectivity index (χ3v) is 9.45. The van der Waals surface area contributed by atoms with Gasteiger partial charge in [0.2, 0.25) is 21.8 Å². The zero-order valence-electron chi connectivity index (χ0n) is 18.0. The molecule has 0 spiro atoms. The maximum absolute atomic E-state index is 13.1. The van der Waals surface area contributed by atoms with E-state index in [-0.39, 0.29) is 35.0 Å². The number of anilines is 1. The molecule has 0 bridgehead atoms. The molecule has 1 saturated heterocycles. The van der Waals surface area contributed by atoms with Crippen molar-refractivity contribution >= 4 is 39.3 Å². The van der Waals surface area contributed by atoms with E-state index in [4.69, 9.17) is 0 Å². The molecule has 1 N–H and O–H groups in total. The van der Waals surface area contributed by atoms with E-state index in [1.165, 1.54) is 21.0 Å². The van der Waals surface area contributed by atoms with Gasteiger partial charge in [-0.25, -0.2) is 8.42 Å². The summed E-state index contributed by atoms with van der Waals surface area (Å²) < 4.78 is 27.7. The first-order valence-electron chi connectivity index (χ1n) is 11.2. The molecule has 9 heteroatoms. The Morgan fingerprint density at radius 1 is 1.13 bits per heavy atom. The molecule has 31 heavy (non-hydrogen) atoms. The summed E-state index contributed by atoms with van der Waals surface area (Å²) in [6.07, 6.45) is 6.91. The Balaban J connectivity index is 1.52. The normalized spacial score (nSPS) is 25.2. The van der Waals surface area contributed by atoms with Gasteiger partial charge in [-0.3, -0.25) is 9.59 Å². The van der Waals surface area contributed by atoms with Crippen LogP contribution in [-0.4, -0.2) is 56.0 Å². The van der Waals surface area contributed by atoms with Crippen LogP contribution in [0.3, 0.4) is 0 Å². The first-order chi connectivity index (χ1) is 14.8. The van der Waals surface area contributed by atoms with Crippen LogP contribution in [0.15, 0.2) is 28.0 Å². The highest BCUT2D eigenvalue weighted by Crippen LogP contribution is 2.37. The molecule has 1 aromatic carbocycles. The molecule has 4 rings (SSSR count). The first-order valence-corrected chi connectivity index (χ1v) is 13.6. The molecule has 0 aromatic heterocycles. The van der Waals surface area contributed by atoms with Gasteiger partial charge in [0, 0.05) is 24.0 Å². The minimum atomic E-state index is -3.61. The molecule has 170 valence electrons. The molecule has 1 saturated carbocycles. The monoisotopic (exact) mass is 465 g/mol. The minimum Gasteiger partial charge on any atom is -0.352 e. The number of hydrogen-bond acceptors (Lipinski definition) is 5. The summed E-state index contributed by atoms with van der Waals surface area (Å²) in [7, 11) is -3.61. The molecular formula is C22H31N3O4S2. The number of carbonyl (C=O) groups excluding carboxylic acids is 2.